The van der Waals surface area contributed by atoms with Gasteiger partial charge in [-0.2, -0.15) is 0 Å². The van der Waals surface area contributed by atoms with E-state index in [1.54, 1.807) is 0 Å². The second-order valence-corrected chi connectivity index (χ2v) is 6.17. The van der Waals surface area contributed by atoms with Gasteiger partial charge < -0.3 is 9.90 Å². The number of aryl methyl sites for hydroxylation is 1. The largest absolute Gasteiger partial charge is 0.550 e. The second kappa shape index (κ2) is 15.3. The van der Waals surface area contributed by atoms with E-state index >= 15 is 0 Å². The summed E-state index contributed by atoms with van der Waals surface area (Å²) in [5, 5.41) is 10.3. The monoisotopic (exact) mass is 339 g/mol. The van der Waals surface area contributed by atoms with Crippen molar-refractivity contribution < 1.29 is 14.5 Å². The molecule has 0 spiro atoms. The van der Waals surface area contributed by atoms with Gasteiger partial charge in [0.25, 0.3) is 0 Å². The predicted octanol–water partition coefficient (Wildman–Crippen LogP) is 3.02. The number of carboxylic acid groups (broad SMARTS) is 1. The molecule has 1 aromatic heterocycles. The first-order valence-corrected chi connectivity index (χ1v) is 9.38. The van der Waals surface area contributed by atoms with E-state index in [0.717, 1.165) is 70.8 Å². The fourth-order valence-corrected chi connectivity index (χ4v) is 2.49. The summed E-state index contributed by atoms with van der Waals surface area (Å²) in [6.45, 7) is 1.04. The maximum atomic E-state index is 10.3. The van der Waals surface area contributed by atoms with Gasteiger partial charge in [-0.25, -0.2) is 4.57 Å². The van der Waals surface area contributed by atoms with Crippen molar-refractivity contribution in [2.24, 2.45) is 0 Å². The first-order chi connectivity index (χ1) is 12.3. The summed E-state index contributed by atoms with van der Waals surface area (Å²) in [7, 11) is 0. The Kier molecular flexibility index (Phi) is 12.7. The van der Waals surface area contributed by atoms with Crippen molar-refractivity contribution in [2.75, 3.05) is 0 Å². The van der Waals surface area contributed by atoms with Crippen molar-refractivity contribution in [3.8, 4) is 23.7 Å². The highest BCUT2D eigenvalue weighted by Crippen LogP contribution is 2.07. The number of carbonyl (C=O) groups excluding carboxylic acids is 1. The molecule has 0 atom stereocenters. The standard InChI is InChI=1S/C22H29NO2/c24-22(25)18-14-11-9-7-5-3-1-2-4-6-8-10-12-15-19-23-20-16-13-17-21-23/h13,16-17,20-21H,1,3,5,7,9-12,14-15,18-19H2. The van der Waals surface area contributed by atoms with E-state index in [1.165, 1.54) is 0 Å². The Hall–Kier alpha value is -2.26. The van der Waals surface area contributed by atoms with Gasteiger partial charge in [0.15, 0.2) is 12.4 Å². The van der Waals surface area contributed by atoms with Crippen LogP contribution in [0.2, 0.25) is 0 Å². The van der Waals surface area contributed by atoms with Gasteiger partial charge in [0.1, 0.15) is 6.54 Å². The Morgan fingerprint density at radius 3 is 1.96 bits per heavy atom. The highest BCUT2D eigenvalue weighted by Gasteiger charge is 1.96. The normalized spacial score (nSPS) is 9.60. The zero-order valence-corrected chi connectivity index (χ0v) is 15.1. The quantitative estimate of drug-likeness (QED) is 0.334. The molecule has 0 amide bonds. The number of carboxylic acids is 1. The fraction of sp³-hybridized carbons (Fsp3) is 0.545. The number of pyridine rings is 1. The minimum Gasteiger partial charge on any atom is -0.550 e. The van der Waals surface area contributed by atoms with Crippen molar-refractivity contribution >= 4 is 5.97 Å². The van der Waals surface area contributed by atoms with Crippen LogP contribution < -0.4 is 9.67 Å². The van der Waals surface area contributed by atoms with E-state index in [4.69, 9.17) is 0 Å². The van der Waals surface area contributed by atoms with Gasteiger partial charge in [0.2, 0.25) is 0 Å². The molecule has 3 nitrogen and oxygen atoms in total. The zero-order valence-electron chi connectivity index (χ0n) is 15.1. The third kappa shape index (κ3) is 13.8. The van der Waals surface area contributed by atoms with Gasteiger partial charge in [-0.05, 0) is 37.5 Å². The summed E-state index contributed by atoms with van der Waals surface area (Å²) < 4.78 is 2.19. The Balaban J connectivity index is 1.89. The first-order valence-electron chi connectivity index (χ1n) is 9.38. The molecule has 0 bridgehead atoms. The van der Waals surface area contributed by atoms with Crippen molar-refractivity contribution in [3.63, 3.8) is 0 Å². The zero-order chi connectivity index (χ0) is 18.0. The minimum atomic E-state index is -0.938. The van der Waals surface area contributed by atoms with Crippen LogP contribution in [0.3, 0.4) is 0 Å². The number of aliphatic carboxylic acids is 1. The summed E-state index contributed by atoms with van der Waals surface area (Å²) in [6, 6.07) is 6.13. The van der Waals surface area contributed by atoms with Crippen LogP contribution in [0, 0.1) is 23.7 Å². The van der Waals surface area contributed by atoms with Crippen molar-refractivity contribution in [3.05, 3.63) is 30.6 Å². The third-order valence-corrected chi connectivity index (χ3v) is 3.92. The van der Waals surface area contributed by atoms with Crippen molar-refractivity contribution in [1.29, 1.82) is 0 Å². The van der Waals surface area contributed by atoms with Crippen molar-refractivity contribution in [1.82, 2.24) is 0 Å². The number of nitrogens with zero attached hydrogens (tertiary/aromatic N) is 1. The summed E-state index contributed by atoms with van der Waals surface area (Å²) in [5.41, 5.74) is 0. The van der Waals surface area contributed by atoms with Gasteiger partial charge in [-0.3, -0.25) is 0 Å². The van der Waals surface area contributed by atoms with Crippen LogP contribution in [0.4, 0.5) is 0 Å². The molecule has 134 valence electrons. The maximum Gasteiger partial charge on any atom is 0.168 e. The summed E-state index contributed by atoms with van der Waals surface area (Å²) >= 11 is 0. The molecule has 25 heavy (non-hydrogen) atoms. The van der Waals surface area contributed by atoms with Crippen LogP contribution in [0.1, 0.15) is 70.6 Å². The average Bonchev–Trinajstić information content (AvgIpc) is 2.62. The predicted molar refractivity (Wildman–Crippen MR) is 98.0 cm³/mol. The number of aromatic nitrogens is 1. The molecule has 0 unspecified atom stereocenters. The molecular formula is C22H29NO2. The smallest absolute Gasteiger partial charge is 0.168 e. The molecule has 0 aliphatic carbocycles. The van der Waals surface area contributed by atoms with E-state index < -0.39 is 5.97 Å². The molecule has 1 heterocycles. The van der Waals surface area contributed by atoms with Gasteiger partial charge in [0.05, 0.1) is 0 Å². The Labute approximate surface area is 152 Å². The van der Waals surface area contributed by atoms with Gasteiger partial charge in [-0.15, -0.1) is 0 Å². The molecule has 0 N–H and O–H groups in total. The van der Waals surface area contributed by atoms with E-state index in [-0.39, 0.29) is 6.42 Å². The molecular weight excluding hydrogens is 310 g/mol. The molecule has 0 saturated carbocycles. The number of carbonyl (C=O) groups is 1. The summed E-state index contributed by atoms with van der Waals surface area (Å²) in [6.07, 6.45) is 14.6. The van der Waals surface area contributed by atoms with E-state index in [1.807, 2.05) is 18.2 Å². The van der Waals surface area contributed by atoms with Gasteiger partial charge >= 0.3 is 0 Å². The summed E-state index contributed by atoms with van der Waals surface area (Å²) in [5.74, 6) is 11.2. The average molecular weight is 339 g/mol. The molecule has 1 rings (SSSR count). The SMILES string of the molecule is O=C([O-])CCCCCCCCC#CC#CCCCC[n+]1ccccc1. The molecule has 3 heteroatoms. The number of unbranched alkanes of at least 4 members (excludes halogenated alkanes) is 8. The highest BCUT2D eigenvalue weighted by atomic mass is 16.4. The minimum absolute atomic E-state index is 0.190. The molecule has 0 radical (unpaired) electrons. The van der Waals surface area contributed by atoms with Crippen LogP contribution >= 0.6 is 0 Å². The molecule has 1 aromatic rings. The molecule has 0 fully saturated rings. The Morgan fingerprint density at radius 1 is 0.760 bits per heavy atom. The first kappa shape index (κ1) is 20.8. The van der Waals surface area contributed by atoms with Crippen LogP contribution in [0.25, 0.3) is 0 Å². The van der Waals surface area contributed by atoms with Crippen LogP contribution in [-0.4, -0.2) is 5.97 Å². The topological polar surface area (TPSA) is 44.0 Å². The van der Waals surface area contributed by atoms with E-state index in [0.29, 0.717) is 0 Å². The molecule has 0 aliphatic heterocycles. The number of hydrogen-bond donors (Lipinski definition) is 0. The fourth-order valence-electron chi connectivity index (χ4n) is 2.49. The lowest BCUT2D eigenvalue weighted by Crippen LogP contribution is -2.32. The lowest BCUT2D eigenvalue weighted by molar-refractivity contribution is -0.697. The number of rotatable bonds is 12. The van der Waals surface area contributed by atoms with Crippen LogP contribution in [-0.2, 0) is 11.3 Å². The third-order valence-electron chi connectivity index (χ3n) is 3.92. The molecule has 0 aromatic carbocycles. The number of hydrogen-bond acceptors (Lipinski definition) is 2. The van der Waals surface area contributed by atoms with Gasteiger partial charge in [-0.1, -0.05) is 43.6 Å². The molecule has 0 saturated heterocycles. The Morgan fingerprint density at radius 2 is 1.32 bits per heavy atom. The van der Waals surface area contributed by atoms with Crippen molar-refractivity contribution in [2.45, 2.75) is 77.2 Å². The van der Waals surface area contributed by atoms with Gasteiger partial charge in [0, 0.05) is 37.4 Å². The lowest BCUT2D eigenvalue weighted by atomic mass is 10.1. The summed E-state index contributed by atoms with van der Waals surface area (Å²) in [4.78, 5) is 10.3. The van der Waals surface area contributed by atoms with E-state index in [2.05, 4.69) is 40.6 Å². The van der Waals surface area contributed by atoms with Crippen LogP contribution in [0.5, 0.6) is 0 Å². The van der Waals surface area contributed by atoms with E-state index in [9.17, 15) is 9.90 Å². The highest BCUT2D eigenvalue weighted by molar-refractivity contribution is 5.64. The van der Waals surface area contributed by atoms with Crippen LogP contribution in [0.15, 0.2) is 30.6 Å². The molecule has 0 aliphatic rings. The Bertz CT molecular complexity index is 587. The lowest BCUT2D eigenvalue weighted by Gasteiger charge is -2.01. The maximum absolute atomic E-state index is 10.3. The second-order valence-electron chi connectivity index (χ2n) is 6.17.